The van der Waals surface area contributed by atoms with Gasteiger partial charge in [0, 0.05) is 18.3 Å². The molecule has 0 amide bonds. The third kappa shape index (κ3) is 3.01. The van der Waals surface area contributed by atoms with Crippen LogP contribution < -0.4 is 11.3 Å². The quantitative estimate of drug-likeness (QED) is 0.671. The first-order valence-corrected chi connectivity index (χ1v) is 7.38. The Bertz CT molecular complexity index is 632. The molecule has 1 aromatic carbocycles. The third-order valence-corrected chi connectivity index (χ3v) is 4.36. The summed E-state index contributed by atoms with van der Waals surface area (Å²) in [6, 6.07) is 4.55. The van der Waals surface area contributed by atoms with Gasteiger partial charge in [-0.05, 0) is 57.7 Å². The maximum absolute atomic E-state index is 5.84. The van der Waals surface area contributed by atoms with Crippen molar-refractivity contribution in [2.45, 2.75) is 47.1 Å². The van der Waals surface area contributed by atoms with Crippen LogP contribution in [-0.4, -0.2) is 9.78 Å². The number of hydrogen-bond acceptors (Lipinski definition) is 3. The maximum Gasteiger partial charge on any atom is 0.0644 e. The van der Waals surface area contributed by atoms with Gasteiger partial charge >= 0.3 is 0 Å². The molecule has 4 heteroatoms. The van der Waals surface area contributed by atoms with Gasteiger partial charge in [0.2, 0.25) is 0 Å². The molecule has 1 atom stereocenters. The van der Waals surface area contributed by atoms with Crippen LogP contribution in [0.3, 0.4) is 0 Å². The van der Waals surface area contributed by atoms with Crippen molar-refractivity contribution in [1.82, 2.24) is 15.2 Å². The van der Waals surface area contributed by atoms with Gasteiger partial charge in [0.15, 0.2) is 0 Å². The molecule has 4 nitrogen and oxygen atoms in total. The molecule has 0 spiro atoms. The lowest BCUT2D eigenvalue weighted by atomic mass is 9.91. The zero-order chi connectivity index (χ0) is 15.7. The smallest absolute Gasteiger partial charge is 0.0644 e. The van der Waals surface area contributed by atoms with E-state index in [0.717, 1.165) is 17.8 Å². The lowest BCUT2D eigenvalue weighted by Gasteiger charge is -2.20. The molecule has 0 fully saturated rings. The van der Waals surface area contributed by atoms with E-state index < -0.39 is 0 Å². The van der Waals surface area contributed by atoms with Crippen molar-refractivity contribution in [3.8, 4) is 0 Å². The van der Waals surface area contributed by atoms with Gasteiger partial charge in [-0.15, -0.1) is 0 Å². The molecule has 0 aliphatic heterocycles. The van der Waals surface area contributed by atoms with Gasteiger partial charge in [-0.25, -0.2) is 0 Å². The average molecular weight is 286 g/mol. The normalized spacial score (nSPS) is 12.7. The van der Waals surface area contributed by atoms with Crippen molar-refractivity contribution in [3.05, 3.63) is 51.3 Å². The van der Waals surface area contributed by atoms with Crippen LogP contribution in [0.25, 0.3) is 0 Å². The Morgan fingerprint density at radius 3 is 2.14 bits per heavy atom. The molecule has 114 valence electrons. The molecule has 1 unspecified atom stereocenters. The molecule has 0 radical (unpaired) electrons. The van der Waals surface area contributed by atoms with Crippen LogP contribution >= 0.6 is 0 Å². The van der Waals surface area contributed by atoms with Gasteiger partial charge in [0.05, 0.1) is 11.7 Å². The van der Waals surface area contributed by atoms with E-state index in [1.807, 2.05) is 18.7 Å². The van der Waals surface area contributed by atoms with E-state index in [-0.39, 0.29) is 6.04 Å². The standard InChI is InChI=1S/C17H26N4/c1-10-7-11(2)15(12(3)8-10)9-16(19-18)17-13(4)20-21(6)14(17)5/h7-8,16,19H,9,18H2,1-6H3. The van der Waals surface area contributed by atoms with Gasteiger partial charge in [-0.1, -0.05) is 17.7 Å². The molecule has 0 saturated heterocycles. The molecule has 0 aliphatic carbocycles. The Morgan fingerprint density at radius 2 is 1.71 bits per heavy atom. The lowest BCUT2D eigenvalue weighted by molar-refractivity contribution is 0.543. The van der Waals surface area contributed by atoms with Crippen LogP contribution in [0.15, 0.2) is 12.1 Å². The van der Waals surface area contributed by atoms with Crippen molar-refractivity contribution >= 4 is 0 Å². The summed E-state index contributed by atoms with van der Waals surface area (Å²) in [7, 11) is 1.97. The Kier molecular flexibility index (Phi) is 4.49. The predicted octanol–water partition coefficient (Wildman–Crippen LogP) is 2.71. The molecule has 0 bridgehead atoms. The third-order valence-electron chi connectivity index (χ3n) is 4.36. The van der Waals surface area contributed by atoms with Crippen molar-refractivity contribution in [3.63, 3.8) is 0 Å². The van der Waals surface area contributed by atoms with E-state index in [2.05, 4.69) is 50.4 Å². The van der Waals surface area contributed by atoms with Gasteiger partial charge in [0.1, 0.15) is 0 Å². The van der Waals surface area contributed by atoms with Crippen LogP contribution in [0.5, 0.6) is 0 Å². The summed E-state index contributed by atoms with van der Waals surface area (Å²) >= 11 is 0. The molecule has 0 saturated carbocycles. The summed E-state index contributed by atoms with van der Waals surface area (Å²) in [6.45, 7) is 10.6. The summed E-state index contributed by atoms with van der Waals surface area (Å²) in [5.41, 5.74) is 11.7. The van der Waals surface area contributed by atoms with Crippen molar-refractivity contribution in [1.29, 1.82) is 0 Å². The van der Waals surface area contributed by atoms with Gasteiger partial charge < -0.3 is 0 Å². The fourth-order valence-corrected chi connectivity index (χ4v) is 3.27. The van der Waals surface area contributed by atoms with Gasteiger partial charge in [0.25, 0.3) is 0 Å². The van der Waals surface area contributed by atoms with E-state index in [0.29, 0.717) is 0 Å². The second-order valence-corrected chi connectivity index (χ2v) is 6.01. The number of benzene rings is 1. The second kappa shape index (κ2) is 6.00. The molecule has 2 rings (SSSR count). The van der Waals surface area contributed by atoms with Crippen LogP contribution in [0.1, 0.15) is 45.2 Å². The first kappa shape index (κ1) is 15.7. The Labute approximate surface area is 127 Å². The highest BCUT2D eigenvalue weighted by atomic mass is 15.3. The van der Waals surface area contributed by atoms with Crippen LogP contribution in [-0.2, 0) is 13.5 Å². The van der Waals surface area contributed by atoms with E-state index >= 15 is 0 Å². The van der Waals surface area contributed by atoms with E-state index in [1.54, 1.807) is 0 Å². The van der Waals surface area contributed by atoms with Crippen LogP contribution in [0.2, 0.25) is 0 Å². The topological polar surface area (TPSA) is 55.9 Å². The van der Waals surface area contributed by atoms with Crippen LogP contribution in [0, 0.1) is 34.6 Å². The highest BCUT2D eigenvalue weighted by molar-refractivity contribution is 5.39. The van der Waals surface area contributed by atoms with E-state index in [1.165, 1.54) is 27.8 Å². The minimum Gasteiger partial charge on any atom is -0.272 e. The fourth-order valence-electron chi connectivity index (χ4n) is 3.27. The molecule has 3 N–H and O–H groups in total. The highest BCUT2D eigenvalue weighted by Crippen LogP contribution is 2.27. The molecule has 0 aliphatic rings. The highest BCUT2D eigenvalue weighted by Gasteiger charge is 2.21. The molecular weight excluding hydrogens is 260 g/mol. The van der Waals surface area contributed by atoms with Crippen molar-refractivity contribution < 1.29 is 0 Å². The number of hydrazine groups is 1. The van der Waals surface area contributed by atoms with Gasteiger partial charge in [-0.2, -0.15) is 5.10 Å². The number of hydrogen-bond donors (Lipinski definition) is 2. The van der Waals surface area contributed by atoms with Gasteiger partial charge in [-0.3, -0.25) is 16.0 Å². The minimum atomic E-state index is 0.0822. The van der Waals surface area contributed by atoms with E-state index in [4.69, 9.17) is 5.84 Å². The first-order chi connectivity index (χ1) is 9.85. The minimum absolute atomic E-state index is 0.0822. The predicted molar refractivity (Wildman–Crippen MR) is 87.1 cm³/mol. The SMILES string of the molecule is Cc1cc(C)c(CC(NN)c2c(C)nn(C)c2C)c(C)c1. The lowest BCUT2D eigenvalue weighted by Crippen LogP contribution is -2.30. The monoisotopic (exact) mass is 286 g/mol. The summed E-state index contributed by atoms with van der Waals surface area (Å²) in [6.07, 6.45) is 0.877. The molecule has 21 heavy (non-hydrogen) atoms. The van der Waals surface area contributed by atoms with Crippen molar-refractivity contribution in [2.75, 3.05) is 0 Å². The summed E-state index contributed by atoms with van der Waals surface area (Å²) in [4.78, 5) is 0. The molecular formula is C17H26N4. The Balaban J connectivity index is 2.41. The van der Waals surface area contributed by atoms with Crippen molar-refractivity contribution in [2.24, 2.45) is 12.9 Å². The number of nitrogens with one attached hydrogen (secondary N) is 1. The summed E-state index contributed by atoms with van der Waals surface area (Å²) < 4.78 is 1.92. The number of nitrogens with two attached hydrogens (primary N) is 1. The fraction of sp³-hybridized carbons (Fsp3) is 0.471. The van der Waals surface area contributed by atoms with E-state index in [9.17, 15) is 0 Å². The number of aryl methyl sites for hydroxylation is 5. The second-order valence-electron chi connectivity index (χ2n) is 6.01. The Hall–Kier alpha value is -1.65. The zero-order valence-electron chi connectivity index (χ0n) is 13.9. The molecule has 1 heterocycles. The average Bonchev–Trinajstić information content (AvgIpc) is 2.64. The summed E-state index contributed by atoms with van der Waals surface area (Å²) in [5, 5.41) is 4.50. The largest absolute Gasteiger partial charge is 0.272 e. The number of aromatic nitrogens is 2. The number of nitrogens with zero attached hydrogens (tertiary/aromatic N) is 2. The number of rotatable bonds is 4. The molecule has 2 aromatic rings. The zero-order valence-corrected chi connectivity index (χ0v) is 13.9. The Morgan fingerprint density at radius 1 is 1.14 bits per heavy atom. The molecule has 1 aromatic heterocycles. The summed E-state index contributed by atoms with van der Waals surface area (Å²) in [5.74, 6) is 5.84. The maximum atomic E-state index is 5.84. The van der Waals surface area contributed by atoms with Crippen LogP contribution in [0.4, 0.5) is 0 Å². The first-order valence-electron chi connectivity index (χ1n) is 7.38.